The predicted octanol–water partition coefficient (Wildman–Crippen LogP) is 3.46. The van der Waals surface area contributed by atoms with Gasteiger partial charge in [0.25, 0.3) is 0 Å². The topological polar surface area (TPSA) is 53.1 Å². The monoisotopic (exact) mass is 265 g/mol. The van der Waals surface area contributed by atoms with E-state index in [9.17, 15) is 0 Å². The molecule has 3 rings (SSSR count). The van der Waals surface area contributed by atoms with Crippen LogP contribution in [0, 0.1) is 0 Å². The number of hydrogen-bond donors (Lipinski definition) is 1. The highest BCUT2D eigenvalue weighted by molar-refractivity contribution is 5.73. The highest BCUT2D eigenvalue weighted by Gasteiger charge is 2.09. The van der Waals surface area contributed by atoms with Crippen molar-refractivity contribution in [3.8, 4) is 22.8 Å². The van der Waals surface area contributed by atoms with Gasteiger partial charge < -0.3 is 10.5 Å². The zero-order valence-electron chi connectivity index (χ0n) is 11.2. The summed E-state index contributed by atoms with van der Waals surface area (Å²) in [7, 11) is 1.87. The first-order valence-electron chi connectivity index (χ1n) is 6.35. The van der Waals surface area contributed by atoms with E-state index >= 15 is 0 Å². The standard InChI is InChI=1S/C16H15N3O/c1-19-16(15(17)11-18-19)12-6-5-9-14(10-12)20-13-7-3-2-4-8-13/h2-11H,17H2,1H3. The van der Waals surface area contributed by atoms with Gasteiger partial charge in [0.2, 0.25) is 0 Å². The minimum Gasteiger partial charge on any atom is -0.457 e. The first kappa shape index (κ1) is 12.3. The lowest BCUT2D eigenvalue weighted by Gasteiger charge is -2.08. The summed E-state index contributed by atoms with van der Waals surface area (Å²) in [5.41, 5.74) is 8.48. The van der Waals surface area contributed by atoms with Crippen LogP contribution in [0.15, 0.2) is 60.8 Å². The van der Waals surface area contributed by atoms with Crippen molar-refractivity contribution in [3.63, 3.8) is 0 Å². The molecule has 0 radical (unpaired) electrons. The summed E-state index contributed by atoms with van der Waals surface area (Å²) in [5, 5.41) is 4.16. The summed E-state index contributed by atoms with van der Waals surface area (Å²) < 4.78 is 7.59. The lowest BCUT2D eigenvalue weighted by Crippen LogP contribution is -1.96. The van der Waals surface area contributed by atoms with Crippen molar-refractivity contribution in [1.82, 2.24) is 9.78 Å². The molecule has 0 amide bonds. The molecular weight excluding hydrogens is 250 g/mol. The molecule has 100 valence electrons. The highest BCUT2D eigenvalue weighted by atomic mass is 16.5. The molecule has 1 heterocycles. The first-order valence-corrected chi connectivity index (χ1v) is 6.35. The van der Waals surface area contributed by atoms with Crippen LogP contribution >= 0.6 is 0 Å². The summed E-state index contributed by atoms with van der Waals surface area (Å²) in [5.74, 6) is 1.58. The zero-order chi connectivity index (χ0) is 13.9. The van der Waals surface area contributed by atoms with Gasteiger partial charge in [-0.2, -0.15) is 5.10 Å². The van der Waals surface area contributed by atoms with E-state index in [2.05, 4.69) is 5.10 Å². The minimum absolute atomic E-state index is 0.657. The molecule has 0 saturated heterocycles. The molecule has 0 aliphatic carbocycles. The Bertz CT molecular complexity index is 700. The number of para-hydroxylation sites is 1. The van der Waals surface area contributed by atoms with Crippen molar-refractivity contribution in [3.05, 3.63) is 60.8 Å². The number of aromatic nitrogens is 2. The second-order valence-electron chi connectivity index (χ2n) is 4.52. The Morgan fingerprint density at radius 1 is 1.00 bits per heavy atom. The van der Waals surface area contributed by atoms with Crippen LogP contribution in [0.4, 0.5) is 5.69 Å². The molecule has 0 spiro atoms. The number of aryl methyl sites for hydroxylation is 1. The van der Waals surface area contributed by atoms with Crippen LogP contribution in [-0.4, -0.2) is 9.78 Å². The van der Waals surface area contributed by atoms with Crippen LogP contribution < -0.4 is 10.5 Å². The van der Waals surface area contributed by atoms with Gasteiger partial charge in [0, 0.05) is 12.6 Å². The van der Waals surface area contributed by atoms with E-state index in [0.29, 0.717) is 5.69 Å². The van der Waals surface area contributed by atoms with Crippen LogP contribution in [0.5, 0.6) is 11.5 Å². The maximum Gasteiger partial charge on any atom is 0.128 e. The molecule has 0 unspecified atom stereocenters. The van der Waals surface area contributed by atoms with Crippen LogP contribution in [0.2, 0.25) is 0 Å². The van der Waals surface area contributed by atoms with E-state index in [0.717, 1.165) is 22.8 Å². The largest absolute Gasteiger partial charge is 0.457 e. The van der Waals surface area contributed by atoms with E-state index in [4.69, 9.17) is 10.5 Å². The molecule has 0 bridgehead atoms. The van der Waals surface area contributed by atoms with Crippen molar-refractivity contribution < 1.29 is 4.74 Å². The number of benzene rings is 2. The third-order valence-corrected chi connectivity index (χ3v) is 3.05. The molecule has 2 aromatic carbocycles. The number of ether oxygens (including phenoxy) is 1. The van der Waals surface area contributed by atoms with E-state index in [1.807, 2.05) is 61.6 Å². The second-order valence-corrected chi connectivity index (χ2v) is 4.52. The van der Waals surface area contributed by atoms with Gasteiger partial charge in [0.05, 0.1) is 17.6 Å². The fourth-order valence-corrected chi connectivity index (χ4v) is 2.14. The molecule has 0 aliphatic heterocycles. The van der Waals surface area contributed by atoms with Gasteiger partial charge in [-0.1, -0.05) is 30.3 Å². The molecule has 0 aliphatic rings. The SMILES string of the molecule is Cn1ncc(N)c1-c1cccc(Oc2ccccc2)c1. The molecule has 1 aromatic heterocycles. The number of nitrogens with two attached hydrogens (primary N) is 1. The van der Waals surface area contributed by atoms with Crippen molar-refractivity contribution >= 4 is 5.69 Å². The quantitative estimate of drug-likeness (QED) is 0.789. The van der Waals surface area contributed by atoms with Gasteiger partial charge in [0.15, 0.2) is 0 Å². The van der Waals surface area contributed by atoms with Gasteiger partial charge in [-0.15, -0.1) is 0 Å². The Morgan fingerprint density at radius 3 is 2.45 bits per heavy atom. The van der Waals surface area contributed by atoms with Crippen LogP contribution in [0.25, 0.3) is 11.3 Å². The van der Waals surface area contributed by atoms with Gasteiger partial charge in [-0.25, -0.2) is 0 Å². The Kier molecular flexibility index (Phi) is 3.13. The molecule has 3 aromatic rings. The summed E-state index contributed by atoms with van der Waals surface area (Å²) >= 11 is 0. The molecule has 20 heavy (non-hydrogen) atoms. The molecule has 0 atom stereocenters. The lowest BCUT2D eigenvalue weighted by molar-refractivity contribution is 0.483. The van der Waals surface area contributed by atoms with Crippen molar-refractivity contribution in [2.75, 3.05) is 5.73 Å². The van der Waals surface area contributed by atoms with Gasteiger partial charge in [-0.05, 0) is 24.3 Å². The summed E-state index contributed by atoms with van der Waals surface area (Å²) in [6.07, 6.45) is 1.65. The second kappa shape index (κ2) is 5.09. The van der Waals surface area contributed by atoms with E-state index in [1.54, 1.807) is 10.9 Å². The van der Waals surface area contributed by atoms with Crippen LogP contribution in [0.1, 0.15) is 0 Å². The van der Waals surface area contributed by atoms with Crippen LogP contribution in [-0.2, 0) is 7.05 Å². The van der Waals surface area contributed by atoms with Crippen molar-refractivity contribution in [2.24, 2.45) is 7.05 Å². The maximum atomic E-state index is 5.95. The fraction of sp³-hybridized carbons (Fsp3) is 0.0625. The minimum atomic E-state index is 0.657. The fourth-order valence-electron chi connectivity index (χ4n) is 2.14. The number of anilines is 1. The van der Waals surface area contributed by atoms with E-state index in [1.165, 1.54) is 0 Å². The van der Waals surface area contributed by atoms with Gasteiger partial charge >= 0.3 is 0 Å². The maximum absolute atomic E-state index is 5.95. The number of nitrogens with zero attached hydrogens (tertiary/aromatic N) is 2. The number of rotatable bonds is 3. The number of nitrogen functional groups attached to an aromatic ring is 1. The predicted molar refractivity (Wildman–Crippen MR) is 79.6 cm³/mol. The van der Waals surface area contributed by atoms with Gasteiger partial charge in [0.1, 0.15) is 11.5 Å². The van der Waals surface area contributed by atoms with Crippen molar-refractivity contribution in [1.29, 1.82) is 0 Å². The van der Waals surface area contributed by atoms with E-state index in [-0.39, 0.29) is 0 Å². The third kappa shape index (κ3) is 2.36. The smallest absolute Gasteiger partial charge is 0.128 e. The molecule has 4 heteroatoms. The van der Waals surface area contributed by atoms with Crippen molar-refractivity contribution in [2.45, 2.75) is 0 Å². The Balaban J connectivity index is 1.94. The highest BCUT2D eigenvalue weighted by Crippen LogP contribution is 2.29. The lowest BCUT2D eigenvalue weighted by atomic mass is 10.1. The molecule has 2 N–H and O–H groups in total. The van der Waals surface area contributed by atoms with E-state index < -0.39 is 0 Å². The molecule has 4 nitrogen and oxygen atoms in total. The zero-order valence-corrected chi connectivity index (χ0v) is 11.2. The normalized spacial score (nSPS) is 10.4. The van der Waals surface area contributed by atoms with Crippen LogP contribution in [0.3, 0.4) is 0 Å². The average Bonchev–Trinajstić information content (AvgIpc) is 2.80. The molecular formula is C16H15N3O. The Morgan fingerprint density at radius 2 is 1.75 bits per heavy atom. The molecule has 0 fully saturated rings. The Labute approximate surface area is 117 Å². The summed E-state index contributed by atoms with van der Waals surface area (Å²) in [6, 6.07) is 17.5. The average molecular weight is 265 g/mol. The Hall–Kier alpha value is -2.75. The molecule has 0 saturated carbocycles. The summed E-state index contributed by atoms with van der Waals surface area (Å²) in [6.45, 7) is 0. The summed E-state index contributed by atoms with van der Waals surface area (Å²) in [4.78, 5) is 0. The first-order chi connectivity index (χ1) is 9.74. The third-order valence-electron chi connectivity index (χ3n) is 3.05. The number of hydrogen-bond acceptors (Lipinski definition) is 3. The van der Waals surface area contributed by atoms with Gasteiger partial charge in [-0.3, -0.25) is 4.68 Å².